The zero-order chi connectivity index (χ0) is 21.6. The number of phenolic OH excluding ortho intramolecular Hbond substituents is 1. The highest BCUT2D eigenvalue weighted by atomic mass is 16.5. The van der Waals surface area contributed by atoms with Crippen LogP contribution < -0.4 is 4.74 Å². The summed E-state index contributed by atoms with van der Waals surface area (Å²) < 4.78 is 10.4. The Morgan fingerprint density at radius 1 is 0.733 bits per heavy atom. The van der Waals surface area contributed by atoms with Gasteiger partial charge < -0.3 is 14.6 Å². The summed E-state index contributed by atoms with van der Waals surface area (Å²) in [4.78, 5) is 23.4. The molecule has 2 aromatic rings. The molecule has 5 nitrogen and oxygen atoms in total. The first kappa shape index (κ1) is 23.5. The number of ether oxygens (including phenoxy) is 2. The zero-order valence-corrected chi connectivity index (χ0v) is 17.8. The normalized spacial score (nSPS) is 10.6. The topological polar surface area (TPSA) is 72.8 Å². The van der Waals surface area contributed by atoms with Crippen LogP contribution >= 0.6 is 0 Å². The summed E-state index contributed by atoms with van der Waals surface area (Å²) >= 11 is 0. The third-order valence-electron chi connectivity index (χ3n) is 5.02. The van der Waals surface area contributed by atoms with Gasteiger partial charge in [0.05, 0.1) is 13.7 Å². The van der Waals surface area contributed by atoms with Gasteiger partial charge in [0.15, 0.2) is 5.78 Å². The van der Waals surface area contributed by atoms with Crippen molar-refractivity contribution < 1.29 is 24.2 Å². The fourth-order valence-corrected chi connectivity index (χ4v) is 3.21. The number of rotatable bonds is 14. The maximum absolute atomic E-state index is 12.4. The Morgan fingerprint density at radius 2 is 1.23 bits per heavy atom. The molecule has 0 aliphatic carbocycles. The smallest absolute Gasteiger partial charge is 0.305 e. The second-order valence-electron chi connectivity index (χ2n) is 7.40. The van der Waals surface area contributed by atoms with Crippen LogP contribution in [0.1, 0.15) is 73.7 Å². The van der Waals surface area contributed by atoms with Gasteiger partial charge in [-0.15, -0.1) is 0 Å². The summed E-state index contributed by atoms with van der Waals surface area (Å²) in [5, 5.41) is 9.32. The predicted octanol–water partition coefficient (Wildman–Crippen LogP) is 5.69. The molecule has 0 fully saturated rings. The Kier molecular flexibility index (Phi) is 10.5. The molecule has 0 aliphatic heterocycles. The van der Waals surface area contributed by atoms with Gasteiger partial charge in [0.2, 0.25) is 0 Å². The number of methoxy groups -OCH3 is 1. The van der Waals surface area contributed by atoms with E-state index in [0.717, 1.165) is 31.4 Å². The van der Waals surface area contributed by atoms with Crippen molar-refractivity contribution in [3.05, 3.63) is 59.7 Å². The molecule has 2 aromatic carbocycles. The maximum atomic E-state index is 12.4. The molecule has 1 N–H and O–H groups in total. The number of hydrogen-bond acceptors (Lipinski definition) is 5. The molecular weight excluding hydrogens is 380 g/mol. The van der Waals surface area contributed by atoms with Crippen LogP contribution in [0.2, 0.25) is 0 Å². The number of carbonyl (C=O) groups is 2. The molecule has 0 spiro atoms. The Morgan fingerprint density at radius 3 is 1.80 bits per heavy atom. The van der Waals surface area contributed by atoms with Gasteiger partial charge in [-0.05, 0) is 61.4 Å². The van der Waals surface area contributed by atoms with Crippen molar-refractivity contribution in [3.8, 4) is 11.5 Å². The van der Waals surface area contributed by atoms with Crippen LogP contribution in [-0.2, 0) is 9.53 Å². The number of benzene rings is 2. The van der Waals surface area contributed by atoms with E-state index in [2.05, 4.69) is 4.74 Å². The molecule has 0 atom stereocenters. The predicted molar refractivity (Wildman–Crippen MR) is 117 cm³/mol. The number of aromatic hydroxyl groups is 1. The van der Waals surface area contributed by atoms with E-state index >= 15 is 0 Å². The van der Waals surface area contributed by atoms with E-state index < -0.39 is 0 Å². The summed E-state index contributed by atoms with van der Waals surface area (Å²) in [7, 11) is 1.43. The van der Waals surface area contributed by atoms with E-state index in [1.807, 2.05) is 12.1 Å². The molecule has 30 heavy (non-hydrogen) atoms. The molecule has 2 rings (SSSR count). The van der Waals surface area contributed by atoms with E-state index in [1.54, 1.807) is 24.3 Å². The lowest BCUT2D eigenvalue weighted by Crippen LogP contribution is -2.02. The minimum Gasteiger partial charge on any atom is -0.508 e. The average Bonchev–Trinajstić information content (AvgIpc) is 2.77. The number of ketones is 1. The first-order chi connectivity index (χ1) is 14.6. The van der Waals surface area contributed by atoms with E-state index in [-0.39, 0.29) is 17.5 Å². The average molecular weight is 413 g/mol. The number of carbonyl (C=O) groups excluding carboxylic acids is 2. The zero-order valence-electron chi connectivity index (χ0n) is 17.8. The number of phenols is 1. The molecule has 0 bridgehead atoms. The fourth-order valence-electron chi connectivity index (χ4n) is 3.21. The highest BCUT2D eigenvalue weighted by Gasteiger charge is 2.09. The molecule has 0 saturated carbocycles. The Balaban J connectivity index is 1.54. The summed E-state index contributed by atoms with van der Waals surface area (Å²) in [6.45, 7) is 0.671. The number of hydrogen-bond donors (Lipinski definition) is 1. The Labute approximate surface area is 179 Å². The fraction of sp³-hybridized carbons (Fsp3) is 0.440. The molecule has 162 valence electrons. The van der Waals surface area contributed by atoms with Gasteiger partial charge in [0.25, 0.3) is 0 Å². The molecule has 0 unspecified atom stereocenters. The largest absolute Gasteiger partial charge is 0.508 e. The molecule has 0 saturated heterocycles. The van der Waals surface area contributed by atoms with Crippen LogP contribution in [0.3, 0.4) is 0 Å². The van der Waals surface area contributed by atoms with Crippen molar-refractivity contribution in [3.63, 3.8) is 0 Å². The third kappa shape index (κ3) is 8.68. The van der Waals surface area contributed by atoms with Gasteiger partial charge in [-0.1, -0.05) is 38.5 Å². The molecule has 0 radical (unpaired) electrons. The number of esters is 1. The van der Waals surface area contributed by atoms with Crippen molar-refractivity contribution in [2.75, 3.05) is 13.7 Å². The summed E-state index contributed by atoms with van der Waals surface area (Å²) in [6.07, 6.45) is 9.47. The lowest BCUT2D eigenvalue weighted by molar-refractivity contribution is -0.140. The summed E-state index contributed by atoms with van der Waals surface area (Å²) in [5.41, 5.74) is 1.14. The van der Waals surface area contributed by atoms with Crippen molar-refractivity contribution in [2.24, 2.45) is 0 Å². The first-order valence-electron chi connectivity index (χ1n) is 10.7. The highest BCUT2D eigenvalue weighted by molar-refractivity contribution is 6.09. The Hall–Kier alpha value is -2.82. The maximum Gasteiger partial charge on any atom is 0.305 e. The van der Waals surface area contributed by atoms with Crippen molar-refractivity contribution in [2.45, 2.75) is 57.8 Å². The Bertz CT molecular complexity index is 765. The molecule has 0 aromatic heterocycles. The second-order valence-corrected chi connectivity index (χ2v) is 7.40. The van der Waals surface area contributed by atoms with Gasteiger partial charge in [-0.2, -0.15) is 0 Å². The van der Waals surface area contributed by atoms with Crippen LogP contribution in [0.15, 0.2) is 48.5 Å². The van der Waals surface area contributed by atoms with Gasteiger partial charge >= 0.3 is 5.97 Å². The standard InChI is InChI=1S/C25H32O5/c1-29-24(27)10-8-6-4-2-3-5-7-9-19-30-23-17-13-21(14-18-23)25(28)20-11-15-22(26)16-12-20/h11-18,26H,2-10,19H2,1H3. The molecule has 0 aliphatic rings. The minimum absolute atomic E-state index is 0.0770. The number of unbranched alkanes of at least 4 members (excludes halogenated alkanes) is 7. The first-order valence-corrected chi connectivity index (χ1v) is 10.7. The van der Waals surface area contributed by atoms with E-state index in [9.17, 15) is 14.7 Å². The van der Waals surface area contributed by atoms with Gasteiger partial charge in [-0.25, -0.2) is 0 Å². The molecule has 5 heteroatoms. The van der Waals surface area contributed by atoms with Crippen molar-refractivity contribution >= 4 is 11.8 Å². The lowest BCUT2D eigenvalue weighted by atomic mass is 10.0. The third-order valence-corrected chi connectivity index (χ3v) is 5.02. The second kappa shape index (κ2) is 13.4. The summed E-state index contributed by atoms with van der Waals surface area (Å²) in [6, 6.07) is 13.4. The van der Waals surface area contributed by atoms with Crippen LogP contribution in [0.5, 0.6) is 11.5 Å². The minimum atomic E-state index is -0.117. The van der Waals surface area contributed by atoms with Crippen LogP contribution in [-0.4, -0.2) is 30.6 Å². The van der Waals surface area contributed by atoms with Crippen LogP contribution in [0.25, 0.3) is 0 Å². The quantitative estimate of drug-likeness (QED) is 0.245. The molecular formula is C25H32O5. The van der Waals surface area contributed by atoms with Gasteiger partial charge in [-0.3, -0.25) is 9.59 Å². The van der Waals surface area contributed by atoms with Crippen molar-refractivity contribution in [1.29, 1.82) is 0 Å². The lowest BCUT2D eigenvalue weighted by Gasteiger charge is -2.07. The van der Waals surface area contributed by atoms with Crippen LogP contribution in [0.4, 0.5) is 0 Å². The highest BCUT2D eigenvalue weighted by Crippen LogP contribution is 2.18. The van der Waals surface area contributed by atoms with E-state index in [4.69, 9.17) is 4.74 Å². The van der Waals surface area contributed by atoms with Crippen LogP contribution in [0, 0.1) is 0 Å². The van der Waals surface area contributed by atoms with Crippen molar-refractivity contribution in [1.82, 2.24) is 0 Å². The summed E-state index contributed by atoms with van der Waals surface area (Å²) in [5.74, 6) is 0.717. The SMILES string of the molecule is COC(=O)CCCCCCCCCCOc1ccc(C(=O)c2ccc(O)cc2)cc1. The van der Waals surface area contributed by atoms with E-state index in [0.29, 0.717) is 24.2 Å². The molecule has 0 heterocycles. The molecule has 0 amide bonds. The van der Waals surface area contributed by atoms with Gasteiger partial charge in [0.1, 0.15) is 11.5 Å². The van der Waals surface area contributed by atoms with Gasteiger partial charge in [0, 0.05) is 17.5 Å². The monoisotopic (exact) mass is 412 g/mol. The van der Waals surface area contributed by atoms with E-state index in [1.165, 1.54) is 44.9 Å².